The third-order valence-electron chi connectivity index (χ3n) is 2.08. The van der Waals surface area contributed by atoms with Gasteiger partial charge in [0.05, 0.1) is 6.61 Å². The third-order valence-corrected chi connectivity index (χ3v) is 2.08. The summed E-state index contributed by atoms with van der Waals surface area (Å²) in [7, 11) is 0. The molecule has 0 saturated heterocycles. The van der Waals surface area contributed by atoms with Crippen molar-refractivity contribution in [3.8, 4) is 5.88 Å². The summed E-state index contributed by atoms with van der Waals surface area (Å²) in [4.78, 5) is 0. The number of hydrogen-bond acceptors (Lipinski definition) is 4. The van der Waals surface area contributed by atoms with E-state index in [2.05, 4.69) is 24.0 Å². The minimum absolute atomic E-state index is 0.0133. The van der Waals surface area contributed by atoms with Crippen LogP contribution in [0.3, 0.4) is 0 Å². The first-order valence-electron chi connectivity index (χ1n) is 3.86. The molecule has 0 bridgehead atoms. The molecular formula is C8H11N3O. The van der Waals surface area contributed by atoms with Gasteiger partial charge in [0.2, 0.25) is 5.88 Å². The van der Waals surface area contributed by atoms with Crippen molar-refractivity contribution in [2.75, 3.05) is 12.3 Å². The smallest absolute Gasteiger partial charge is 0.237 e. The van der Waals surface area contributed by atoms with Crippen LogP contribution in [0.1, 0.15) is 19.4 Å². The van der Waals surface area contributed by atoms with Gasteiger partial charge in [-0.15, -0.1) is 10.2 Å². The highest BCUT2D eigenvalue weighted by molar-refractivity contribution is 5.43. The van der Waals surface area contributed by atoms with E-state index in [0.29, 0.717) is 18.3 Å². The fourth-order valence-electron chi connectivity index (χ4n) is 1.31. The predicted octanol–water partition coefficient (Wildman–Crippen LogP) is 0.729. The SMILES string of the molecule is CC1(C)COc2nnc(N)cc21. The molecule has 2 N–H and O–H groups in total. The fraction of sp³-hybridized carbons (Fsp3) is 0.500. The van der Waals surface area contributed by atoms with Crippen LogP contribution in [0.15, 0.2) is 6.07 Å². The topological polar surface area (TPSA) is 61.0 Å². The lowest BCUT2D eigenvalue weighted by Crippen LogP contribution is -2.18. The normalized spacial score (nSPS) is 18.5. The molecule has 12 heavy (non-hydrogen) atoms. The summed E-state index contributed by atoms with van der Waals surface area (Å²) in [6.07, 6.45) is 0. The van der Waals surface area contributed by atoms with Gasteiger partial charge in [0.15, 0.2) is 0 Å². The van der Waals surface area contributed by atoms with Gasteiger partial charge in [-0.1, -0.05) is 13.8 Å². The molecule has 0 aromatic carbocycles. The average molecular weight is 165 g/mol. The second-order valence-corrected chi connectivity index (χ2v) is 3.66. The molecule has 1 aromatic heterocycles. The summed E-state index contributed by atoms with van der Waals surface area (Å²) < 4.78 is 5.34. The van der Waals surface area contributed by atoms with Crippen LogP contribution < -0.4 is 10.5 Å². The number of rotatable bonds is 0. The summed E-state index contributed by atoms with van der Waals surface area (Å²) in [6, 6.07) is 1.83. The molecule has 2 rings (SSSR count). The highest BCUT2D eigenvalue weighted by atomic mass is 16.5. The lowest BCUT2D eigenvalue weighted by atomic mass is 9.88. The minimum atomic E-state index is 0.0133. The Morgan fingerprint density at radius 3 is 3.00 bits per heavy atom. The van der Waals surface area contributed by atoms with Gasteiger partial charge in [-0.05, 0) is 6.07 Å². The molecule has 0 spiro atoms. The summed E-state index contributed by atoms with van der Waals surface area (Å²) in [6.45, 7) is 4.85. The van der Waals surface area contributed by atoms with Gasteiger partial charge in [0.25, 0.3) is 0 Å². The van der Waals surface area contributed by atoms with Crippen LogP contribution in [-0.2, 0) is 5.41 Å². The third kappa shape index (κ3) is 0.913. The first kappa shape index (κ1) is 7.34. The molecule has 2 heterocycles. The Kier molecular flexibility index (Phi) is 1.28. The van der Waals surface area contributed by atoms with Crippen molar-refractivity contribution in [3.05, 3.63) is 11.6 Å². The van der Waals surface area contributed by atoms with Crippen molar-refractivity contribution in [1.82, 2.24) is 10.2 Å². The number of nitrogens with two attached hydrogens (primary N) is 1. The molecule has 1 aliphatic rings. The van der Waals surface area contributed by atoms with Gasteiger partial charge in [-0.3, -0.25) is 0 Å². The van der Waals surface area contributed by atoms with Crippen molar-refractivity contribution < 1.29 is 4.74 Å². The Hall–Kier alpha value is -1.32. The molecule has 0 saturated carbocycles. The second-order valence-electron chi connectivity index (χ2n) is 3.66. The molecule has 0 aliphatic carbocycles. The van der Waals surface area contributed by atoms with Crippen LogP contribution in [0.4, 0.5) is 5.82 Å². The van der Waals surface area contributed by atoms with E-state index in [1.54, 1.807) is 0 Å². The number of anilines is 1. The number of nitrogens with zero attached hydrogens (tertiary/aromatic N) is 2. The number of fused-ring (bicyclic) bond motifs is 1. The van der Waals surface area contributed by atoms with Crippen LogP contribution in [-0.4, -0.2) is 16.8 Å². The molecular weight excluding hydrogens is 154 g/mol. The Labute approximate surface area is 70.7 Å². The summed E-state index contributed by atoms with van der Waals surface area (Å²) >= 11 is 0. The zero-order chi connectivity index (χ0) is 8.77. The lowest BCUT2D eigenvalue weighted by molar-refractivity contribution is 0.282. The van der Waals surface area contributed by atoms with Crippen LogP contribution in [0.2, 0.25) is 0 Å². The van der Waals surface area contributed by atoms with Crippen LogP contribution in [0.25, 0.3) is 0 Å². The van der Waals surface area contributed by atoms with Crippen LogP contribution in [0, 0.1) is 0 Å². The molecule has 1 aliphatic heterocycles. The molecule has 0 radical (unpaired) electrons. The van der Waals surface area contributed by atoms with Crippen LogP contribution in [0.5, 0.6) is 5.88 Å². The molecule has 0 unspecified atom stereocenters. The maximum Gasteiger partial charge on any atom is 0.237 e. The van der Waals surface area contributed by atoms with E-state index in [0.717, 1.165) is 5.56 Å². The van der Waals surface area contributed by atoms with Crippen molar-refractivity contribution in [2.45, 2.75) is 19.3 Å². The van der Waals surface area contributed by atoms with Crippen molar-refractivity contribution >= 4 is 5.82 Å². The molecule has 4 heteroatoms. The van der Waals surface area contributed by atoms with E-state index >= 15 is 0 Å². The van der Waals surface area contributed by atoms with E-state index < -0.39 is 0 Å². The van der Waals surface area contributed by atoms with E-state index in [1.165, 1.54) is 0 Å². The largest absolute Gasteiger partial charge is 0.475 e. The fourth-order valence-corrected chi connectivity index (χ4v) is 1.31. The number of hydrogen-bond donors (Lipinski definition) is 1. The van der Waals surface area contributed by atoms with E-state index in [9.17, 15) is 0 Å². The maximum absolute atomic E-state index is 5.52. The minimum Gasteiger partial charge on any atom is -0.475 e. The first-order chi connectivity index (χ1) is 5.59. The summed E-state index contributed by atoms with van der Waals surface area (Å²) in [5, 5.41) is 7.58. The Morgan fingerprint density at radius 2 is 2.25 bits per heavy atom. The number of nitrogen functional groups attached to an aromatic ring is 1. The lowest BCUT2D eigenvalue weighted by Gasteiger charge is -2.13. The van der Waals surface area contributed by atoms with Gasteiger partial charge in [0, 0.05) is 11.0 Å². The highest BCUT2D eigenvalue weighted by Gasteiger charge is 2.33. The molecule has 1 aromatic rings. The Morgan fingerprint density at radius 1 is 1.50 bits per heavy atom. The van der Waals surface area contributed by atoms with E-state index in [-0.39, 0.29) is 5.41 Å². The zero-order valence-electron chi connectivity index (χ0n) is 7.16. The van der Waals surface area contributed by atoms with Crippen molar-refractivity contribution in [1.29, 1.82) is 0 Å². The standard InChI is InChI=1S/C8H11N3O/c1-8(2)4-12-7-5(8)3-6(9)10-11-7/h3H,4H2,1-2H3,(H2,9,10). The second kappa shape index (κ2) is 2.09. The van der Waals surface area contributed by atoms with E-state index in [4.69, 9.17) is 10.5 Å². The summed E-state index contributed by atoms with van der Waals surface area (Å²) in [5.41, 5.74) is 6.59. The van der Waals surface area contributed by atoms with Gasteiger partial charge in [-0.2, -0.15) is 0 Å². The van der Waals surface area contributed by atoms with Crippen LogP contribution >= 0.6 is 0 Å². The monoisotopic (exact) mass is 165 g/mol. The molecule has 0 amide bonds. The molecule has 64 valence electrons. The zero-order valence-corrected chi connectivity index (χ0v) is 7.16. The van der Waals surface area contributed by atoms with Gasteiger partial charge >= 0.3 is 0 Å². The first-order valence-corrected chi connectivity index (χ1v) is 3.86. The quantitative estimate of drug-likeness (QED) is 0.615. The van der Waals surface area contributed by atoms with Crippen molar-refractivity contribution in [2.24, 2.45) is 0 Å². The summed E-state index contributed by atoms with van der Waals surface area (Å²) in [5.74, 6) is 1.07. The Bertz CT molecular complexity index is 322. The van der Waals surface area contributed by atoms with Crippen molar-refractivity contribution in [3.63, 3.8) is 0 Å². The molecule has 0 atom stereocenters. The van der Waals surface area contributed by atoms with Gasteiger partial charge < -0.3 is 10.5 Å². The molecule has 4 nitrogen and oxygen atoms in total. The number of aromatic nitrogens is 2. The van der Waals surface area contributed by atoms with Gasteiger partial charge in [0.1, 0.15) is 5.82 Å². The Balaban J connectivity index is 2.57. The average Bonchev–Trinajstić information content (AvgIpc) is 2.28. The van der Waals surface area contributed by atoms with E-state index in [1.807, 2.05) is 6.07 Å². The highest BCUT2D eigenvalue weighted by Crippen LogP contribution is 2.36. The molecule has 0 fully saturated rings. The number of ether oxygens (including phenoxy) is 1. The maximum atomic E-state index is 5.52. The predicted molar refractivity (Wildman–Crippen MR) is 45.0 cm³/mol. The van der Waals surface area contributed by atoms with Gasteiger partial charge in [-0.25, -0.2) is 0 Å².